The highest BCUT2D eigenvalue weighted by Gasteiger charge is 2.15. The first-order chi connectivity index (χ1) is 11.7. The average molecular weight is 360 g/mol. The molecule has 1 saturated heterocycles. The fourth-order valence-electron chi connectivity index (χ4n) is 3.80. The molecule has 5 nitrogen and oxygen atoms in total. The van der Waals surface area contributed by atoms with Crippen LogP contribution in [0.25, 0.3) is 21.9 Å². The summed E-state index contributed by atoms with van der Waals surface area (Å²) in [5, 5.41) is 10.6. The van der Waals surface area contributed by atoms with Crippen LogP contribution < -0.4 is 5.32 Å². The summed E-state index contributed by atoms with van der Waals surface area (Å²) in [6, 6.07) is 8.35. The number of benzene rings is 1. The predicted molar refractivity (Wildman–Crippen MR) is 107 cm³/mol. The van der Waals surface area contributed by atoms with E-state index in [0.717, 1.165) is 35.2 Å². The molecule has 0 bridgehead atoms. The smallest absolute Gasteiger partial charge is 0.160 e. The van der Waals surface area contributed by atoms with Crippen LogP contribution in [0.15, 0.2) is 24.3 Å². The van der Waals surface area contributed by atoms with E-state index in [9.17, 15) is 0 Å². The number of fused-ring (bicyclic) bond motifs is 2. The van der Waals surface area contributed by atoms with E-state index >= 15 is 0 Å². The van der Waals surface area contributed by atoms with Crippen LogP contribution in [-0.2, 0) is 7.05 Å². The van der Waals surface area contributed by atoms with Gasteiger partial charge in [0.2, 0.25) is 0 Å². The number of hydrogen-bond donors (Lipinski definition) is 1. The molecule has 0 aliphatic carbocycles. The van der Waals surface area contributed by atoms with Crippen LogP contribution in [0.5, 0.6) is 0 Å². The van der Waals surface area contributed by atoms with Gasteiger partial charge in [0.1, 0.15) is 0 Å². The van der Waals surface area contributed by atoms with E-state index < -0.39 is 0 Å². The van der Waals surface area contributed by atoms with Crippen molar-refractivity contribution in [3.05, 3.63) is 30.0 Å². The molecule has 1 aliphatic rings. The van der Waals surface area contributed by atoms with Crippen molar-refractivity contribution in [1.82, 2.24) is 19.7 Å². The van der Waals surface area contributed by atoms with E-state index in [1.807, 2.05) is 17.8 Å². The van der Waals surface area contributed by atoms with Crippen LogP contribution in [0, 0.1) is 6.92 Å². The van der Waals surface area contributed by atoms with Gasteiger partial charge in [0, 0.05) is 19.0 Å². The zero-order valence-corrected chi connectivity index (χ0v) is 15.8. The molecule has 0 atom stereocenters. The van der Waals surface area contributed by atoms with Crippen molar-refractivity contribution in [3.63, 3.8) is 0 Å². The molecule has 0 radical (unpaired) electrons. The number of nitrogens with one attached hydrogen (secondary N) is 1. The Morgan fingerprint density at radius 3 is 2.72 bits per heavy atom. The summed E-state index contributed by atoms with van der Waals surface area (Å²) >= 11 is 0. The number of pyridine rings is 1. The van der Waals surface area contributed by atoms with E-state index in [0.29, 0.717) is 0 Å². The topological polar surface area (TPSA) is 46.0 Å². The molecule has 3 heterocycles. The highest BCUT2D eigenvalue weighted by atomic mass is 35.5. The number of aryl methyl sites for hydroxylation is 2. The Morgan fingerprint density at radius 2 is 1.92 bits per heavy atom. The Kier molecular flexibility index (Phi) is 5.45. The van der Waals surface area contributed by atoms with E-state index in [1.165, 1.54) is 43.5 Å². The quantitative estimate of drug-likeness (QED) is 0.705. The highest BCUT2D eigenvalue weighted by Crippen LogP contribution is 2.32. The molecule has 1 aliphatic heterocycles. The Hall–Kier alpha value is -1.85. The molecule has 0 unspecified atom stereocenters. The zero-order chi connectivity index (χ0) is 16.5. The van der Waals surface area contributed by atoms with E-state index in [-0.39, 0.29) is 12.4 Å². The van der Waals surface area contributed by atoms with Gasteiger partial charge in [-0.3, -0.25) is 4.68 Å². The molecule has 0 amide bonds. The number of hydrogen-bond acceptors (Lipinski definition) is 4. The summed E-state index contributed by atoms with van der Waals surface area (Å²) in [6.45, 7) is 6.77. The number of aromatic nitrogens is 3. The monoisotopic (exact) mass is 359 g/mol. The molecule has 0 saturated carbocycles. The molecular formula is C19H26ClN5. The van der Waals surface area contributed by atoms with Crippen LogP contribution >= 0.6 is 12.4 Å². The number of para-hydroxylation sites is 1. The van der Waals surface area contributed by atoms with Gasteiger partial charge in [-0.1, -0.05) is 18.2 Å². The van der Waals surface area contributed by atoms with Crippen molar-refractivity contribution in [2.75, 3.05) is 31.5 Å². The lowest BCUT2D eigenvalue weighted by Gasteiger charge is -2.16. The van der Waals surface area contributed by atoms with Gasteiger partial charge >= 0.3 is 0 Å². The maximum Gasteiger partial charge on any atom is 0.160 e. The minimum absolute atomic E-state index is 0. The van der Waals surface area contributed by atoms with Crippen LogP contribution in [0.2, 0.25) is 0 Å². The molecule has 1 aromatic carbocycles. The Bertz CT molecular complexity index is 867. The molecular weight excluding hydrogens is 334 g/mol. The first kappa shape index (κ1) is 18.0. The largest absolute Gasteiger partial charge is 0.384 e. The molecule has 4 rings (SSSR count). The number of anilines is 1. The Balaban J connectivity index is 0.00000182. The van der Waals surface area contributed by atoms with Gasteiger partial charge in [0.15, 0.2) is 5.65 Å². The standard InChI is InChI=1S/C19H25N5.ClH/c1-14-17-18(20-10-7-13-24-11-5-6-12-24)15-8-3-4-9-16(15)21-19(17)23(2)22-14;/h3-4,8-9H,5-7,10-13H2,1-2H3,(H,20,21);1H. The molecule has 1 N–H and O–H groups in total. The van der Waals surface area contributed by atoms with Crippen molar-refractivity contribution in [3.8, 4) is 0 Å². The molecule has 1 fully saturated rings. The predicted octanol–water partition coefficient (Wildman–Crippen LogP) is 3.75. The minimum Gasteiger partial charge on any atom is -0.384 e. The minimum atomic E-state index is 0. The molecule has 2 aromatic heterocycles. The van der Waals surface area contributed by atoms with Crippen LogP contribution in [0.1, 0.15) is 25.0 Å². The second-order valence-corrected chi connectivity index (χ2v) is 6.74. The number of likely N-dealkylation sites (tertiary alicyclic amines) is 1. The Labute approximate surface area is 154 Å². The van der Waals surface area contributed by atoms with Crippen molar-refractivity contribution in [2.24, 2.45) is 7.05 Å². The van der Waals surface area contributed by atoms with Gasteiger partial charge in [-0.2, -0.15) is 5.10 Å². The first-order valence-electron chi connectivity index (χ1n) is 8.92. The summed E-state index contributed by atoms with van der Waals surface area (Å²) in [6.07, 6.45) is 3.88. The van der Waals surface area contributed by atoms with Gasteiger partial charge in [-0.15, -0.1) is 12.4 Å². The number of rotatable bonds is 5. The van der Waals surface area contributed by atoms with Crippen molar-refractivity contribution >= 4 is 40.0 Å². The van der Waals surface area contributed by atoms with Gasteiger partial charge in [-0.05, 0) is 51.9 Å². The maximum atomic E-state index is 4.80. The fraction of sp³-hybridized carbons (Fsp3) is 0.474. The number of halogens is 1. The van der Waals surface area contributed by atoms with Gasteiger partial charge < -0.3 is 10.2 Å². The molecule has 3 aromatic rings. The van der Waals surface area contributed by atoms with Crippen molar-refractivity contribution < 1.29 is 0 Å². The Morgan fingerprint density at radius 1 is 1.16 bits per heavy atom. The van der Waals surface area contributed by atoms with E-state index in [2.05, 4.69) is 40.4 Å². The lowest BCUT2D eigenvalue weighted by atomic mass is 10.1. The summed E-state index contributed by atoms with van der Waals surface area (Å²) in [7, 11) is 1.97. The van der Waals surface area contributed by atoms with Gasteiger partial charge in [0.05, 0.1) is 22.3 Å². The van der Waals surface area contributed by atoms with Gasteiger partial charge in [-0.25, -0.2) is 4.98 Å². The molecule has 134 valence electrons. The third-order valence-corrected chi connectivity index (χ3v) is 4.99. The lowest BCUT2D eigenvalue weighted by molar-refractivity contribution is 0.337. The SMILES string of the molecule is Cc1nn(C)c2nc3ccccc3c(NCCCN3CCCC3)c12.Cl. The summed E-state index contributed by atoms with van der Waals surface area (Å²) in [5.74, 6) is 0. The summed E-state index contributed by atoms with van der Waals surface area (Å²) in [5.41, 5.74) is 4.19. The average Bonchev–Trinajstić information content (AvgIpc) is 3.19. The van der Waals surface area contributed by atoms with Crippen molar-refractivity contribution in [1.29, 1.82) is 0 Å². The molecule has 6 heteroatoms. The normalized spacial score (nSPS) is 15.0. The van der Waals surface area contributed by atoms with Gasteiger partial charge in [0.25, 0.3) is 0 Å². The van der Waals surface area contributed by atoms with Crippen LogP contribution in [-0.4, -0.2) is 45.8 Å². The van der Waals surface area contributed by atoms with Crippen LogP contribution in [0.3, 0.4) is 0 Å². The fourth-order valence-corrected chi connectivity index (χ4v) is 3.80. The van der Waals surface area contributed by atoms with Crippen LogP contribution in [0.4, 0.5) is 5.69 Å². The summed E-state index contributed by atoms with van der Waals surface area (Å²) < 4.78 is 1.88. The maximum absolute atomic E-state index is 4.80. The van der Waals surface area contributed by atoms with E-state index in [4.69, 9.17) is 4.98 Å². The van der Waals surface area contributed by atoms with Crippen molar-refractivity contribution in [2.45, 2.75) is 26.2 Å². The third-order valence-electron chi connectivity index (χ3n) is 4.99. The molecule has 25 heavy (non-hydrogen) atoms. The molecule has 0 spiro atoms. The zero-order valence-electron chi connectivity index (χ0n) is 15.0. The number of nitrogens with zero attached hydrogens (tertiary/aromatic N) is 4. The second-order valence-electron chi connectivity index (χ2n) is 6.74. The summed E-state index contributed by atoms with van der Waals surface area (Å²) in [4.78, 5) is 7.37. The third kappa shape index (κ3) is 3.44. The first-order valence-corrected chi connectivity index (χ1v) is 8.92. The lowest BCUT2D eigenvalue weighted by Crippen LogP contribution is -2.22. The second kappa shape index (κ2) is 7.58. The van der Waals surface area contributed by atoms with E-state index in [1.54, 1.807) is 0 Å². The highest BCUT2D eigenvalue weighted by molar-refractivity contribution is 6.07.